The first-order valence-electron chi connectivity index (χ1n) is 28.0. The molecule has 0 aliphatic rings. The summed E-state index contributed by atoms with van der Waals surface area (Å²) < 4.78 is 16.8. The number of unbranched alkanes of at least 4 members (excludes halogenated alkanes) is 30. The maximum Gasteiger partial charge on any atom is 0.306 e. The summed E-state index contributed by atoms with van der Waals surface area (Å²) >= 11 is 0. The van der Waals surface area contributed by atoms with Crippen molar-refractivity contribution in [3.63, 3.8) is 0 Å². The average Bonchev–Trinajstić information content (AvgIpc) is 3.31. The van der Waals surface area contributed by atoms with Crippen LogP contribution in [0.25, 0.3) is 0 Å². The molecule has 0 aromatic carbocycles. The lowest BCUT2D eigenvalue weighted by Crippen LogP contribution is -2.30. The number of hydrogen-bond acceptors (Lipinski definition) is 6. The van der Waals surface area contributed by atoms with Gasteiger partial charge in [0, 0.05) is 19.3 Å². The fraction of sp³-hybridized carbons (Fsp3) is 0.750. The molecule has 0 rings (SSSR count). The van der Waals surface area contributed by atoms with Crippen LogP contribution in [0.15, 0.2) is 72.9 Å². The maximum atomic E-state index is 12.8. The lowest BCUT2D eigenvalue weighted by atomic mass is 10.1. The number of carbonyl (C=O) groups excluding carboxylic acids is 3. The van der Waals surface area contributed by atoms with Crippen LogP contribution in [0.2, 0.25) is 0 Å². The van der Waals surface area contributed by atoms with E-state index in [4.69, 9.17) is 14.2 Å². The Morgan fingerprint density at radius 1 is 0.318 bits per heavy atom. The zero-order valence-corrected chi connectivity index (χ0v) is 43.4. The van der Waals surface area contributed by atoms with Crippen LogP contribution < -0.4 is 0 Å². The first kappa shape index (κ1) is 62.8. The first-order valence-corrected chi connectivity index (χ1v) is 28.0. The molecule has 380 valence electrons. The maximum absolute atomic E-state index is 12.8. The summed E-state index contributed by atoms with van der Waals surface area (Å²) in [5.41, 5.74) is 0. The summed E-state index contributed by atoms with van der Waals surface area (Å²) in [5.74, 6) is -0.929. The van der Waals surface area contributed by atoms with Gasteiger partial charge in [-0.05, 0) is 89.9 Å². The SMILES string of the molecule is CC\C=C/C=C\C=C/CCCCCCCCCC(=O)OCC(COC(=O)CCCCCCCCC/C=C\CCCCCCCC)OC(=O)CCCCC/C=C\C=C/CCCCCCCCC. The van der Waals surface area contributed by atoms with E-state index in [-0.39, 0.29) is 31.1 Å². The molecule has 0 bridgehead atoms. The molecule has 0 fully saturated rings. The summed E-state index contributed by atoms with van der Waals surface area (Å²) in [6, 6.07) is 0. The van der Waals surface area contributed by atoms with Crippen LogP contribution in [0.5, 0.6) is 0 Å². The topological polar surface area (TPSA) is 78.9 Å². The lowest BCUT2D eigenvalue weighted by Gasteiger charge is -2.18. The van der Waals surface area contributed by atoms with Crippen LogP contribution in [-0.2, 0) is 28.6 Å². The predicted octanol–water partition coefficient (Wildman–Crippen LogP) is 18.6. The molecule has 0 aromatic heterocycles. The van der Waals surface area contributed by atoms with Crippen molar-refractivity contribution in [2.75, 3.05) is 13.2 Å². The normalized spacial score (nSPS) is 12.6. The molecule has 0 spiro atoms. The largest absolute Gasteiger partial charge is 0.462 e. The van der Waals surface area contributed by atoms with Gasteiger partial charge in [0.25, 0.3) is 0 Å². The molecule has 1 unspecified atom stereocenters. The van der Waals surface area contributed by atoms with E-state index in [1.54, 1.807) is 0 Å². The van der Waals surface area contributed by atoms with Crippen molar-refractivity contribution < 1.29 is 28.6 Å². The van der Waals surface area contributed by atoms with Crippen LogP contribution >= 0.6 is 0 Å². The highest BCUT2D eigenvalue weighted by Gasteiger charge is 2.19. The van der Waals surface area contributed by atoms with Crippen LogP contribution in [0.3, 0.4) is 0 Å². The third-order valence-electron chi connectivity index (χ3n) is 12.0. The molecule has 1 atom stereocenters. The third kappa shape index (κ3) is 51.8. The highest BCUT2D eigenvalue weighted by Crippen LogP contribution is 2.15. The molecule has 0 heterocycles. The van der Waals surface area contributed by atoms with Gasteiger partial charge in [-0.3, -0.25) is 14.4 Å². The fourth-order valence-electron chi connectivity index (χ4n) is 7.78. The number of rotatable bonds is 50. The van der Waals surface area contributed by atoms with E-state index >= 15 is 0 Å². The second kappa shape index (κ2) is 54.5. The summed E-state index contributed by atoms with van der Waals surface area (Å²) in [4.78, 5) is 38.1. The Hall–Kier alpha value is -3.15. The van der Waals surface area contributed by atoms with Gasteiger partial charge in [-0.15, -0.1) is 0 Å². The van der Waals surface area contributed by atoms with Crippen LogP contribution in [-0.4, -0.2) is 37.2 Å². The molecule has 0 aromatic rings. The summed E-state index contributed by atoms with van der Waals surface area (Å²) in [6.45, 7) is 6.48. The Morgan fingerprint density at radius 2 is 0.606 bits per heavy atom. The minimum atomic E-state index is -0.796. The van der Waals surface area contributed by atoms with E-state index in [9.17, 15) is 14.4 Å². The fourth-order valence-corrected chi connectivity index (χ4v) is 7.78. The van der Waals surface area contributed by atoms with Gasteiger partial charge in [-0.25, -0.2) is 0 Å². The van der Waals surface area contributed by atoms with E-state index in [1.165, 1.54) is 148 Å². The van der Waals surface area contributed by atoms with E-state index in [0.717, 1.165) is 83.5 Å². The van der Waals surface area contributed by atoms with Crippen molar-refractivity contribution in [1.29, 1.82) is 0 Å². The standard InChI is InChI=1S/C60H104O6/c1-4-7-10-13-16-19-22-25-28-30-33-35-38-41-44-47-50-53-59(62)65-56-57(55-64-58(61)52-49-46-43-40-37-34-31-27-24-21-18-15-12-9-6-3)66-60(63)54-51-48-45-42-39-36-32-29-26-23-20-17-14-11-8-5-2/h9,12,15,18,21,24-25,28-29,32,36,39,57H,4-8,10-11,13-14,16-17,19-20,22-23,26-27,30-31,33-35,37-38,40-56H2,1-3H3/b12-9-,18-15-,24-21-,28-25-,32-29-,39-36-. The Labute approximate surface area is 408 Å². The van der Waals surface area contributed by atoms with E-state index in [0.29, 0.717) is 19.3 Å². The summed E-state index contributed by atoms with van der Waals surface area (Å²) in [7, 11) is 0. The Bertz CT molecular complexity index is 1240. The number of ether oxygens (including phenoxy) is 3. The van der Waals surface area contributed by atoms with E-state index in [1.807, 2.05) is 0 Å². The molecule has 6 nitrogen and oxygen atoms in total. The van der Waals surface area contributed by atoms with Crippen molar-refractivity contribution in [3.8, 4) is 0 Å². The highest BCUT2D eigenvalue weighted by molar-refractivity contribution is 5.71. The smallest absolute Gasteiger partial charge is 0.306 e. The second-order valence-electron chi connectivity index (χ2n) is 18.5. The molecule has 0 N–H and O–H groups in total. The molecular weight excluding hydrogens is 817 g/mol. The Kier molecular flexibility index (Phi) is 51.9. The number of hydrogen-bond donors (Lipinski definition) is 0. The van der Waals surface area contributed by atoms with Crippen molar-refractivity contribution in [3.05, 3.63) is 72.9 Å². The number of carbonyl (C=O) groups is 3. The van der Waals surface area contributed by atoms with Crippen molar-refractivity contribution in [2.45, 2.75) is 277 Å². The second-order valence-corrected chi connectivity index (χ2v) is 18.5. The molecule has 6 heteroatoms. The van der Waals surface area contributed by atoms with Gasteiger partial charge in [-0.1, -0.05) is 235 Å². The number of allylic oxidation sites excluding steroid dienone is 12. The molecule has 0 amide bonds. The van der Waals surface area contributed by atoms with Gasteiger partial charge in [0.05, 0.1) is 0 Å². The molecular formula is C60H104O6. The van der Waals surface area contributed by atoms with Gasteiger partial charge >= 0.3 is 17.9 Å². The van der Waals surface area contributed by atoms with E-state index in [2.05, 4.69) is 93.7 Å². The zero-order chi connectivity index (χ0) is 47.9. The molecule has 0 saturated carbocycles. The van der Waals surface area contributed by atoms with Crippen LogP contribution in [0.1, 0.15) is 271 Å². The zero-order valence-electron chi connectivity index (χ0n) is 43.4. The van der Waals surface area contributed by atoms with Crippen molar-refractivity contribution in [2.24, 2.45) is 0 Å². The van der Waals surface area contributed by atoms with E-state index < -0.39 is 6.10 Å². The minimum absolute atomic E-state index is 0.0919. The third-order valence-corrected chi connectivity index (χ3v) is 12.0. The molecule has 66 heavy (non-hydrogen) atoms. The van der Waals surface area contributed by atoms with Gasteiger partial charge in [0.2, 0.25) is 0 Å². The van der Waals surface area contributed by atoms with Crippen molar-refractivity contribution >= 4 is 17.9 Å². The molecule has 0 saturated heterocycles. The van der Waals surface area contributed by atoms with Crippen LogP contribution in [0.4, 0.5) is 0 Å². The van der Waals surface area contributed by atoms with Crippen molar-refractivity contribution in [1.82, 2.24) is 0 Å². The summed E-state index contributed by atoms with van der Waals surface area (Å²) in [6.07, 6.45) is 68.9. The van der Waals surface area contributed by atoms with Gasteiger partial charge < -0.3 is 14.2 Å². The molecule has 0 aliphatic carbocycles. The summed E-state index contributed by atoms with van der Waals surface area (Å²) in [5, 5.41) is 0. The Morgan fingerprint density at radius 3 is 0.985 bits per heavy atom. The lowest BCUT2D eigenvalue weighted by molar-refractivity contribution is -0.167. The predicted molar refractivity (Wildman–Crippen MR) is 284 cm³/mol. The van der Waals surface area contributed by atoms with Gasteiger partial charge in [-0.2, -0.15) is 0 Å². The quantitative estimate of drug-likeness (QED) is 0.0199. The average molecular weight is 921 g/mol. The number of esters is 3. The highest BCUT2D eigenvalue weighted by atomic mass is 16.6. The molecule has 0 radical (unpaired) electrons. The molecule has 0 aliphatic heterocycles. The van der Waals surface area contributed by atoms with Crippen LogP contribution in [0, 0.1) is 0 Å². The minimum Gasteiger partial charge on any atom is -0.462 e. The van der Waals surface area contributed by atoms with Gasteiger partial charge in [0.1, 0.15) is 13.2 Å². The van der Waals surface area contributed by atoms with Gasteiger partial charge in [0.15, 0.2) is 6.10 Å². The first-order chi connectivity index (χ1) is 32.5. The monoisotopic (exact) mass is 921 g/mol. The Balaban J connectivity index is 4.44.